The molecule has 2 rings (SSSR count). The topological polar surface area (TPSA) is 12.0 Å². The first-order chi connectivity index (χ1) is 8.74. The van der Waals surface area contributed by atoms with E-state index >= 15 is 0 Å². The van der Waals surface area contributed by atoms with Gasteiger partial charge in [-0.25, -0.2) is 0 Å². The molecule has 0 bridgehead atoms. The third kappa shape index (κ3) is 2.99. The van der Waals surface area contributed by atoms with Crippen LogP contribution < -0.4 is 5.32 Å². The average Bonchev–Trinajstić information content (AvgIpc) is 2.47. The van der Waals surface area contributed by atoms with E-state index in [2.05, 4.69) is 79.8 Å². The molecule has 0 aromatic heterocycles. The van der Waals surface area contributed by atoms with Crippen LogP contribution in [0.2, 0.25) is 0 Å². The first kappa shape index (κ1) is 12.8. The normalized spacial score (nSPS) is 14.1. The first-order valence-corrected chi connectivity index (χ1v) is 6.59. The maximum absolute atomic E-state index is 3.68. The van der Waals surface area contributed by atoms with Crippen molar-refractivity contribution < 1.29 is 0 Å². The number of rotatable bonds is 5. The highest BCUT2D eigenvalue weighted by Gasteiger charge is 2.22. The molecule has 0 saturated carbocycles. The average molecular weight is 239 g/mol. The van der Waals surface area contributed by atoms with Crippen molar-refractivity contribution in [1.82, 2.24) is 5.32 Å². The van der Waals surface area contributed by atoms with E-state index < -0.39 is 0 Å². The Morgan fingerprint density at radius 3 is 2.00 bits per heavy atom. The molecule has 0 unspecified atom stereocenters. The van der Waals surface area contributed by atoms with Gasteiger partial charge in [0.05, 0.1) is 0 Å². The van der Waals surface area contributed by atoms with Gasteiger partial charge in [0.1, 0.15) is 0 Å². The monoisotopic (exact) mass is 239 g/mol. The molecular formula is C17H21N. The molecule has 18 heavy (non-hydrogen) atoms. The minimum Gasteiger partial charge on any atom is -0.304 e. The molecule has 0 radical (unpaired) electrons. The van der Waals surface area contributed by atoms with E-state index in [1.165, 1.54) is 11.1 Å². The van der Waals surface area contributed by atoms with E-state index in [4.69, 9.17) is 0 Å². The van der Waals surface area contributed by atoms with Crippen LogP contribution in [0.4, 0.5) is 0 Å². The molecule has 0 aliphatic heterocycles. The van der Waals surface area contributed by atoms with Gasteiger partial charge in [-0.1, -0.05) is 67.6 Å². The summed E-state index contributed by atoms with van der Waals surface area (Å²) in [4.78, 5) is 0. The van der Waals surface area contributed by atoms with Crippen molar-refractivity contribution in [1.29, 1.82) is 0 Å². The van der Waals surface area contributed by atoms with Crippen LogP contribution in [0.1, 0.15) is 31.4 Å². The van der Waals surface area contributed by atoms with Crippen LogP contribution in [0.15, 0.2) is 60.7 Å². The van der Waals surface area contributed by atoms with Gasteiger partial charge in [0.25, 0.3) is 0 Å². The highest BCUT2D eigenvalue weighted by Crippen LogP contribution is 2.24. The fourth-order valence-corrected chi connectivity index (χ4v) is 2.13. The molecule has 0 heterocycles. The van der Waals surface area contributed by atoms with E-state index in [1.54, 1.807) is 0 Å². The van der Waals surface area contributed by atoms with E-state index in [1.807, 2.05) is 0 Å². The Bertz CT molecular complexity index is 463. The van der Waals surface area contributed by atoms with E-state index in [0.29, 0.717) is 0 Å². The van der Waals surface area contributed by atoms with Gasteiger partial charge in [-0.05, 0) is 24.5 Å². The van der Waals surface area contributed by atoms with Crippen molar-refractivity contribution in [3.8, 4) is 0 Å². The van der Waals surface area contributed by atoms with Crippen molar-refractivity contribution in [2.45, 2.75) is 32.4 Å². The zero-order chi connectivity index (χ0) is 12.8. The van der Waals surface area contributed by atoms with Gasteiger partial charge in [-0.2, -0.15) is 0 Å². The summed E-state index contributed by atoms with van der Waals surface area (Å²) in [6, 6.07) is 21.2. The molecule has 0 aliphatic carbocycles. The maximum Gasteiger partial charge on any atom is 0.0406 e. The predicted octanol–water partition coefficient (Wildman–Crippen LogP) is 4.10. The largest absolute Gasteiger partial charge is 0.304 e. The second kappa shape index (κ2) is 5.83. The molecule has 0 spiro atoms. The Kier molecular flexibility index (Phi) is 4.16. The summed E-state index contributed by atoms with van der Waals surface area (Å²) in [6.07, 6.45) is 1.07. The van der Waals surface area contributed by atoms with Crippen LogP contribution >= 0.6 is 0 Å². The lowest BCUT2D eigenvalue weighted by Crippen LogP contribution is -2.38. The quantitative estimate of drug-likeness (QED) is 0.828. The van der Waals surface area contributed by atoms with Gasteiger partial charge in [0, 0.05) is 12.1 Å². The Hall–Kier alpha value is -1.60. The van der Waals surface area contributed by atoms with Crippen molar-refractivity contribution in [3.05, 3.63) is 71.8 Å². The zero-order valence-electron chi connectivity index (χ0n) is 11.2. The molecule has 0 fully saturated rings. The second-order valence-electron chi connectivity index (χ2n) is 4.89. The minimum absolute atomic E-state index is 0.0388. The summed E-state index contributed by atoms with van der Waals surface area (Å²) in [5.41, 5.74) is 2.72. The van der Waals surface area contributed by atoms with Crippen molar-refractivity contribution >= 4 is 0 Å². The van der Waals surface area contributed by atoms with Crippen LogP contribution in [-0.4, -0.2) is 0 Å². The molecule has 1 nitrogen and oxygen atoms in total. The van der Waals surface area contributed by atoms with Crippen molar-refractivity contribution in [2.75, 3.05) is 0 Å². The van der Waals surface area contributed by atoms with Crippen LogP contribution in [0, 0.1) is 0 Å². The molecule has 0 amide bonds. The van der Waals surface area contributed by atoms with Crippen LogP contribution in [0.3, 0.4) is 0 Å². The van der Waals surface area contributed by atoms with Crippen molar-refractivity contribution in [3.63, 3.8) is 0 Å². The molecular weight excluding hydrogens is 218 g/mol. The fourth-order valence-electron chi connectivity index (χ4n) is 2.13. The van der Waals surface area contributed by atoms with Crippen LogP contribution in [0.5, 0.6) is 0 Å². The lowest BCUT2D eigenvalue weighted by Gasteiger charge is -2.30. The lowest BCUT2D eigenvalue weighted by molar-refractivity contribution is 0.351. The van der Waals surface area contributed by atoms with E-state index in [-0.39, 0.29) is 5.54 Å². The fraction of sp³-hybridized carbons (Fsp3) is 0.294. The summed E-state index contributed by atoms with van der Waals surface area (Å²) >= 11 is 0. The van der Waals surface area contributed by atoms with Gasteiger partial charge in [-0.3, -0.25) is 0 Å². The third-order valence-electron chi connectivity index (χ3n) is 3.64. The zero-order valence-corrected chi connectivity index (χ0v) is 11.2. The molecule has 2 aromatic carbocycles. The summed E-state index contributed by atoms with van der Waals surface area (Å²) < 4.78 is 0. The molecule has 2 aromatic rings. The highest BCUT2D eigenvalue weighted by atomic mass is 15.0. The smallest absolute Gasteiger partial charge is 0.0406 e. The molecule has 1 heteroatoms. The Labute approximate surface area is 110 Å². The third-order valence-corrected chi connectivity index (χ3v) is 3.64. The van der Waals surface area contributed by atoms with E-state index in [0.717, 1.165) is 13.0 Å². The second-order valence-corrected chi connectivity index (χ2v) is 4.89. The van der Waals surface area contributed by atoms with E-state index in [9.17, 15) is 0 Å². The predicted molar refractivity (Wildman–Crippen MR) is 77.4 cm³/mol. The Morgan fingerprint density at radius 1 is 0.889 bits per heavy atom. The summed E-state index contributed by atoms with van der Waals surface area (Å²) in [6.45, 7) is 5.40. The van der Waals surface area contributed by atoms with Gasteiger partial charge < -0.3 is 5.32 Å². The SMILES string of the molecule is CC[C@](C)(NCc1ccccc1)c1ccccc1. The summed E-state index contributed by atoms with van der Waals surface area (Å²) in [7, 11) is 0. The molecule has 1 atom stereocenters. The van der Waals surface area contributed by atoms with Crippen molar-refractivity contribution in [2.24, 2.45) is 0 Å². The Morgan fingerprint density at radius 2 is 1.44 bits per heavy atom. The minimum atomic E-state index is 0.0388. The molecule has 0 aliphatic rings. The number of benzene rings is 2. The van der Waals surface area contributed by atoms with Crippen LogP contribution in [0.25, 0.3) is 0 Å². The number of hydrogen-bond acceptors (Lipinski definition) is 1. The van der Waals surface area contributed by atoms with Gasteiger partial charge in [-0.15, -0.1) is 0 Å². The molecule has 1 N–H and O–H groups in total. The molecule has 94 valence electrons. The van der Waals surface area contributed by atoms with Gasteiger partial charge >= 0.3 is 0 Å². The Balaban J connectivity index is 2.10. The van der Waals surface area contributed by atoms with Gasteiger partial charge in [0.15, 0.2) is 0 Å². The van der Waals surface area contributed by atoms with Gasteiger partial charge in [0.2, 0.25) is 0 Å². The summed E-state index contributed by atoms with van der Waals surface area (Å²) in [5.74, 6) is 0. The number of hydrogen-bond donors (Lipinski definition) is 1. The van der Waals surface area contributed by atoms with Crippen LogP contribution in [-0.2, 0) is 12.1 Å². The summed E-state index contributed by atoms with van der Waals surface area (Å²) in [5, 5.41) is 3.68. The standard InChI is InChI=1S/C17H21N/c1-3-17(2,16-12-8-5-9-13-16)18-14-15-10-6-4-7-11-15/h4-13,18H,3,14H2,1-2H3/t17-/m0/s1. The number of nitrogens with one attached hydrogen (secondary N) is 1. The maximum atomic E-state index is 3.68. The lowest BCUT2D eigenvalue weighted by atomic mass is 9.89. The highest BCUT2D eigenvalue weighted by molar-refractivity contribution is 5.24. The molecule has 0 saturated heterocycles. The first-order valence-electron chi connectivity index (χ1n) is 6.59.